The van der Waals surface area contributed by atoms with Gasteiger partial charge in [-0.3, -0.25) is 0 Å². The summed E-state index contributed by atoms with van der Waals surface area (Å²) in [5.74, 6) is 0.150. The van der Waals surface area contributed by atoms with Crippen molar-refractivity contribution in [2.45, 2.75) is 12.0 Å². The predicted molar refractivity (Wildman–Crippen MR) is 120 cm³/mol. The monoisotopic (exact) mass is 465 g/mol. The van der Waals surface area contributed by atoms with E-state index in [0.717, 1.165) is 11.1 Å². The second kappa shape index (κ2) is 8.71. The van der Waals surface area contributed by atoms with Crippen LogP contribution in [0.25, 0.3) is 11.1 Å². The first kappa shape index (κ1) is 20.1. The molecule has 0 aliphatic heterocycles. The molecule has 0 bridgehead atoms. The Balaban J connectivity index is 1.71. The van der Waals surface area contributed by atoms with Gasteiger partial charge in [-0.2, -0.15) is 0 Å². The van der Waals surface area contributed by atoms with Crippen LogP contribution >= 0.6 is 18.6 Å². The molecule has 4 aromatic rings. The van der Waals surface area contributed by atoms with Crippen molar-refractivity contribution < 1.29 is 19.5 Å². The van der Waals surface area contributed by atoms with Crippen LogP contribution in [0.1, 0.15) is 39.8 Å². The summed E-state index contributed by atoms with van der Waals surface area (Å²) in [7, 11) is 12.5. The molecule has 0 aromatic heterocycles. The fourth-order valence-electron chi connectivity index (χ4n) is 4.53. The number of fused-ring (bicyclic) bond motifs is 3. The standard InChI is InChI=1S/C26H19O.2ClH.Ti/c27-26(18-10-2-1-3-11-18)24-17-9-8-16-23(24)25-21-14-6-4-12-19(21)20-13-5-7-15-22(20)25;;;/h1-17,25-26H;2*1H;/q-1;;;+3/p-2. The van der Waals surface area contributed by atoms with Gasteiger partial charge in [-0.1, -0.05) is 0 Å². The molecule has 0 saturated heterocycles. The van der Waals surface area contributed by atoms with E-state index in [2.05, 4.69) is 84.9 Å². The molecule has 1 unspecified atom stereocenters. The van der Waals surface area contributed by atoms with Crippen molar-refractivity contribution in [1.29, 1.82) is 0 Å². The van der Waals surface area contributed by atoms with Crippen LogP contribution in [0.15, 0.2) is 103 Å². The second-order valence-electron chi connectivity index (χ2n) is 7.37. The van der Waals surface area contributed by atoms with Gasteiger partial charge in [0.2, 0.25) is 0 Å². The van der Waals surface area contributed by atoms with Crippen LogP contribution in [-0.4, -0.2) is 0 Å². The van der Waals surface area contributed by atoms with E-state index >= 15 is 0 Å². The molecule has 30 heavy (non-hydrogen) atoms. The predicted octanol–water partition coefficient (Wildman–Crippen LogP) is 7.79. The van der Waals surface area contributed by atoms with Gasteiger partial charge >= 0.3 is 192 Å². The van der Waals surface area contributed by atoms with E-state index in [1.807, 2.05) is 18.2 Å². The van der Waals surface area contributed by atoms with E-state index in [0.29, 0.717) is 0 Å². The minimum atomic E-state index is -2.59. The van der Waals surface area contributed by atoms with Crippen LogP contribution < -0.4 is 0 Å². The van der Waals surface area contributed by atoms with Crippen molar-refractivity contribution in [1.82, 2.24) is 0 Å². The normalized spacial score (nSPS) is 13.5. The summed E-state index contributed by atoms with van der Waals surface area (Å²) in [6.07, 6.45) is -0.285. The average molecular weight is 466 g/mol. The Hall–Kier alpha value is -1.87. The van der Waals surface area contributed by atoms with E-state index in [-0.39, 0.29) is 12.0 Å². The number of benzene rings is 4. The Kier molecular flexibility index (Phi) is 5.82. The van der Waals surface area contributed by atoms with E-state index in [1.54, 1.807) is 0 Å². The van der Waals surface area contributed by atoms with Crippen LogP contribution in [0.4, 0.5) is 0 Å². The van der Waals surface area contributed by atoms with Crippen molar-refractivity contribution in [2.24, 2.45) is 0 Å². The Morgan fingerprint density at radius 1 is 0.600 bits per heavy atom. The number of halogens is 2. The molecule has 1 atom stereocenters. The van der Waals surface area contributed by atoms with Crippen molar-refractivity contribution >= 4 is 18.6 Å². The molecule has 0 heterocycles. The van der Waals surface area contributed by atoms with E-state index in [9.17, 15) is 0 Å². The third-order valence-electron chi connectivity index (χ3n) is 5.73. The summed E-state index contributed by atoms with van der Waals surface area (Å²) in [5, 5.41) is 0. The van der Waals surface area contributed by atoms with Crippen LogP contribution in [-0.2, 0) is 19.5 Å². The molecule has 0 N–H and O–H groups in total. The summed E-state index contributed by atoms with van der Waals surface area (Å²) < 4.78 is 6.20. The average Bonchev–Trinajstić information content (AvgIpc) is 3.12. The van der Waals surface area contributed by atoms with Crippen LogP contribution in [0.3, 0.4) is 0 Å². The number of rotatable bonds is 5. The zero-order chi connectivity index (χ0) is 20.5. The van der Waals surface area contributed by atoms with Gasteiger partial charge in [0.1, 0.15) is 0 Å². The van der Waals surface area contributed by atoms with Crippen molar-refractivity contribution in [2.75, 3.05) is 0 Å². The molecule has 0 spiro atoms. The summed E-state index contributed by atoms with van der Waals surface area (Å²) in [6.45, 7) is 0. The quantitative estimate of drug-likeness (QED) is 0.240. The van der Waals surface area contributed by atoms with Crippen LogP contribution in [0.5, 0.6) is 0 Å². The van der Waals surface area contributed by atoms with Gasteiger partial charge in [0.05, 0.1) is 0 Å². The molecule has 1 aliphatic carbocycles. The summed E-state index contributed by atoms with van der Waals surface area (Å²) >= 11 is -2.59. The fourth-order valence-corrected chi connectivity index (χ4v) is 5.95. The molecule has 4 heteroatoms. The molecular weight excluding hydrogens is 447 g/mol. The van der Waals surface area contributed by atoms with E-state index in [1.165, 1.54) is 27.8 Å². The SMILES string of the molecule is [Cl][Ti]([Cl])[O]C(c1ccccc1)c1ccccc1C1c2ccccc2-c2ccccc21. The zero-order valence-corrected chi connectivity index (χ0v) is 19.2. The second-order valence-corrected chi connectivity index (χ2v) is 12.1. The zero-order valence-electron chi connectivity index (χ0n) is 16.1. The van der Waals surface area contributed by atoms with Gasteiger partial charge in [0.25, 0.3) is 0 Å². The Morgan fingerprint density at radius 3 is 1.70 bits per heavy atom. The summed E-state index contributed by atoms with van der Waals surface area (Å²) in [6, 6.07) is 36.1. The van der Waals surface area contributed by atoms with Gasteiger partial charge in [-0.25, -0.2) is 0 Å². The Labute approximate surface area is 191 Å². The molecule has 4 aromatic carbocycles. The van der Waals surface area contributed by atoms with Gasteiger partial charge in [0, 0.05) is 0 Å². The fraction of sp³-hybridized carbons (Fsp3) is 0.0769. The molecule has 1 nitrogen and oxygen atoms in total. The molecule has 0 radical (unpaired) electrons. The molecular formula is C26H19Cl2OTi. The topological polar surface area (TPSA) is 9.23 Å². The van der Waals surface area contributed by atoms with Gasteiger partial charge < -0.3 is 0 Å². The Morgan fingerprint density at radius 2 is 1.10 bits per heavy atom. The third-order valence-corrected chi connectivity index (χ3v) is 7.11. The molecule has 5 rings (SSSR count). The number of hydrogen-bond acceptors (Lipinski definition) is 1. The maximum absolute atomic E-state index is 6.26. The van der Waals surface area contributed by atoms with Crippen molar-refractivity contribution in [3.05, 3.63) is 131 Å². The van der Waals surface area contributed by atoms with Gasteiger partial charge in [-0.05, 0) is 0 Å². The first-order chi connectivity index (χ1) is 14.7. The number of hydrogen-bond donors (Lipinski definition) is 0. The van der Waals surface area contributed by atoms with E-state index in [4.69, 9.17) is 21.9 Å². The Bertz CT molecular complexity index is 1130. The molecule has 1 aliphatic rings. The maximum atomic E-state index is 6.26. The molecule has 0 amide bonds. The van der Waals surface area contributed by atoms with Crippen LogP contribution in [0, 0.1) is 0 Å². The molecule has 0 saturated carbocycles. The van der Waals surface area contributed by atoms with Gasteiger partial charge in [0.15, 0.2) is 0 Å². The van der Waals surface area contributed by atoms with E-state index < -0.39 is 16.1 Å². The van der Waals surface area contributed by atoms with Crippen molar-refractivity contribution in [3.8, 4) is 11.1 Å². The first-order valence-electron chi connectivity index (χ1n) is 9.90. The third kappa shape index (κ3) is 3.66. The van der Waals surface area contributed by atoms with Crippen molar-refractivity contribution in [3.63, 3.8) is 0 Å². The molecule has 0 fully saturated rings. The first-order valence-corrected chi connectivity index (χ1v) is 14.8. The minimum absolute atomic E-state index is 0.150. The summed E-state index contributed by atoms with van der Waals surface area (Å²) in [4.78, 5) is 0. The summed E-state index contributed by atoms with van der Waals surface area (Å²) in [5.41, 5.74) is 8.67. The van der Waals surface area contributed by atoms with Gasteiger partial charge in [-0.15, -0.1) is 0 Å². The van der Waals surface area contributed by atoms with Crippen LogP contribution in [0.2, 0.25) is 0 Å². The molecule has 147 valence electrons.